The molecule has 29 heavy (non-hydrogen) atoms. The number of anilines is 1. The SMILES string of the molecule is CC(C)N(C)S(=O)(=O)c1ccc(NC(=O)CC23C[C@@H]4C[C@@H](CC(O)(C4)C2)C3)cc1. The summed E-state index contributed by atoms with van der Waals surface area (Å²) in [7, 11) is -1.97. The third-order valence-electron chi connectivity index (χ3n) is 7.23. The monoisotopic (exact) mass is 420 g/mol. The quantitative estimate of drug-likeness (QED) is 0.739. The minimum atomic E-state index is -3.53. The van der Waals surface area contributed by atoms with Gasteiger partial charge in [-0.3, -0.25) is 4.79 Å². The maximum atomic E-state index is 12.8. The number of nitrogens with zero attached hydrogens (tertiary/aromatic N) is 1. The van der Waals surface area contributed by atoms with Crippen LogP contribution in [-0.4, -0.2) is 42.4 Å². The molecule has 1 amide bonds. The lowest BCUT2D eigenvalue weighted by molar-refractivity contribution is -0.167. The highest BCUT2D eigenvalue weighted by atomic mass is 32.2. The largest absolute Gasteiger partial charge is 0.390 e. The third kappa shape index (κ3) is 3.97. The molecule has 4 atom stereocenters. The molecule has 4 aliphatic carbocycles. The predicted octanol–water partition coefficient (Wildman–Crippen LogP) is 3.38. The first kappa shape index (κ1) is 20.8. The minimum absolute atomic E-state index is 0.0505. The van der Waals surface area contributed by atoms with Crippen LogP contribution in [-0.2, 0) is 14.8 Å². The number of hydrogen-bond acceptors (Lipinski definition) is 4. The summed E-state index contributed by atoms with van der Waals surface area (Å²) < 4.78 is 26.5. The van der Waals surface area contributed by atoms with Gasteiger partial charge in [0.05, 0.1) is 10.5 Å². The van der Waals surface area contributed by atoms with E-state index < -0.39 is 15.6 Å². The Morgan fingerprint density at radius 3 is 2.28 bits per heavy atom. The fraction of sp³-hybridized carbons (Fsp3) is 0.682. The first-order valence-electron chi connectivity index (χ1n) is 10.6. The van der Waals surface area contributed by atoms with E-state index in [-0.39, 0.29) is 22.3 Å². The van der Waals surface area contributed by atoms with Gasteiger partial charge >= 0.3 is 0 Å². The summed E-state index contributed by atoms with van der Waals surface area (Å²) >= 11 is 0. The molecule has 4 aliphatic rings. The fourth-order valence-electron chi connectivity index (χ4n) is 6.31. The number of benzene rings is 1. The second kappa shape index (κ2) is 7.06. The Balaban J connectivity index is 1.42. The van der Waals surface area contributed by atoms with Crippen molar-refractivity contribution in [2.24, 2.45) is 17.3 Å². The number of sulfonamides is 1. The molecule has 4 fully saturated rings. The lowest BCUT2D eigenvalue weighted by atomic mass is 9.47. The van der Waals surface area contributed by atoms with E-state index in [2.05, 4.69) is 5.32 Å². The van der Waals surface area contributed by atoms with E-state index >= 15 is 0 Å². The topological polar surface area (TPSA) is 86.7 Å². The van der Waals surface area contributed by atoms with Crippen molar-refractivity contribution in [3.63, 3.8) is 0 Å². The van der Waals surface area contributed by atoms with E-state index in [0.29, 0.717) is 23.9 Å². The van der Waals surface area contributed by atoms with Crippen LogP contribution in [0.1, 0.15) is 58.8 Å². The fourth-order valence-corrected chi connectivity index (χ4v) is 7.68. The smallest absolute Gasteiger partial charge is 0.243 e. The minimum Gasteiger partial charge on any atom is -0.390 e. The molecule has 6 nitrogen and oxygen atoms in total. The number of hydrogen-bond donors (Lipinski definition) is 2. The molecule has 0 spiro atoms. The molecule has 7 heteroatoms. The van der Waals surface area contributed by atoms with Crippen LogP contribution in [0, 0.1) is 17.3 Å². The summed E-state index contributed by atoms with van der Waals surface area (Å²) in [5, 5.41) is 13.8. The van der Waals surface area contributed by atoms with Crippen LogP contribution in [0.15, 0.2) is 29.2 Å². The number of rotatable bonds is 6. The van der Waals surface area contributed by atoms with E-state index in [9.17, 15) is 18.3 Å². The zero-order valence-corrected chi connectivity index (χ0v) is 18.3. The number of nitrogens with one attached hydrogen (secondary N) is 1. The van der Waals surface area contributed by atoms with Crippen molar-refractivity contribution in [2.45, 2.75) is 75.3 Å². The lowest BCUT2D eigenvalue weighted by Gasteiger charge is -2.60. The normalized spacial score (nSPS) is 33.4. The van der Waals surface area contributed by atoms with Crippen LogP contribution in [0.3, 0.4) is 0 Å². The molecule has 0 aromatic heterocycles. The Morgan fingerprint density at radius 2 is 1.76 bits per heavy atom. The summed E-state index contributed by atoms with van der Waals surface area (Å²) in [6.07, 6.45) is 6.24. The van der Waals surface area contributed by atoms with E-state index in [4.69, 9.17) is 0 Å². The highest BCUT2D eigenvalue weighted by Gasteiger charge is 2.57. The molecule has 0 aliphatic heterocycles. The average Bonchev–Trinajstić information content (AvgIpc) is 2.58. The maximum absolute atomic E-state index is 12.8. The first-order valence-corrected chi connectivity index (χ1v) is 12.0. The molecule has 4 bridgehead atoms. The number of carbonyl (C=O) groups is 1. The molecule has 1 aromatic carbocycles. The molecule has 0 saturated heterocycles. The van der Waals surface area contributed by atoms with Crippen molar-refractivity contribution < 1.29 is 18.3 Å². The van der Waals surface area contributed by atoms with Crippen molar-refractivity contribution in [3.05, 3.63) is 24.3 Å². The van der Waals surface area contributed by atoms with Gasteiger partial charge in [-0.15, -0.1) is 0 Å². The maximum Gasteiger partial charge on any atom is 0.243 e. The first-order chi connectivity index (χ1) is 13.5. The summed E-state index contributed by atoms with van der Waals surface area (Å²) in [5.74, 6) is 1.05. The van der Waals surface area contributed by atoms with Gasteiger partial charge in [0.15, 0.2) is 0 Å². The second-order valence-electron chi connectivity index (χ2n) is 10.0. The molecule has 2 N–H and O–H groups in total. The Kier molecular flexibility index (Phi) is 5.07. The third-order valence-corrected chi connectivity index (χ3v) is 9.28. The van der Waals surface area contributed by atoms with Gasteiger partial charge in [-0.2, -0.15) is 4.31 Å². The molecule has 0 heterocycles. The summed E-state index contributed by atoms with van der Waals surface area (Å²) in [6.45, 7) is 3.65. The Hall–Kier alpha value is -1.44. The average molecular weight is 421 g/mol. The molecular weight excluding hydrogens is 388 g/mol. The number of aliphatic hydroxyl groups is 1. The Labute approximate surface area is 173 Å². The number of amides is 1. The molecule has 1 aromatic rings. The summed E-state index contributed by atoms with van der Waals surface area (Å²) in [4.78, 5) is 13.0. The van der Waals surface area contributed by atoms with Crippen molar-refractivity contribution in [3.8, 4) is 0 Å². The summed E-state index contributed by atoms with van der Waals surface area (Å²) in [6, 6.07) is 6.24. The molecular formula is C22H32N2O4S. The van der Waals surface area contributed by atoms with Gasteiger partial charge in [-0.25, -0.2) is 8.42 Å². The second-order valence-corrected chi connectivity index (χ2v) is 12.0. The van der Waals surface area contributed by atoms with Crippen molar-refractivity contribution in [1.29, 1.82) is 0 Å². The standard InChI is InChI=1S/C22H32N2O4S/c1-15(2)24(3)29(27,28)19-6-4-18(5-7-19)23-20(25)13-21-9-16-8-17(10-21)12-22(26,11-16)14-21/h4-7,15-17,26H,8-14H2,1-3H3,(H,23,25)/t16-,17+,21?,22?. The molecule has 0 radical (unpaired) electrons. The van der Waals surface area contributed by atoms with Crippen molar-refractivity contribution in [2.75, 3.05) is 12.4 Å². The van der Waals surface area contributed by atoms with Gasteiger partial charge in [0.1, 0.15) is 0 Å². The molecule has 5 rings (SSSR count). The van der Waals surface area contributed by atoms with Gasteiger partial charge in [0, 0.05) is 25.2 Å². The Bertz CT molecular complexity index is 880. The van der Waals surface area contributed by atoms with Crippen LogP contribution in [0.2, 0.25) is 0 Å². The zero-order valence-electron chi connectivity index (χ0n) is 17.5. The van der Waals surface area contributed by atoms with Crippen LogP contribution in [0.5, 0.6) is 0 Å². The molecule has 4 saturated carbocycles. The predicted molar refractivity (Wildman–Crippen MR) is 112 cm³/mol. The van der Waals surface area contributed by atoms with Crippen LogP contribution in [0.25, 0.3) is 0 Å². The van der Waals surface area contributed by atoms with Crippen LogP contribution < -0.4 is 5.32 Å². The van der Waals surface area contributed by atoms with Gasteiger partial charge in [-0.05, 0) is 93.9 Å². The van der Waals surface area contributed by atoms with Gasteiger partial charge in [0.25, 0.3) is 0 Å². The van der Waals surface area contributed by atoms with Gasteiger partial charge in [-0.1, -0.05) is 0 Å². The van der Waals surface area contributed by atoms with Crippen LogP contribution >= 0.6 is 0 Å². The highest BCUT2D eigenvalue weighted by Crippen LogP contribution is 2.62. The van der Waals surface area contributed by atoms with E-state index in [1.165, 1.54) is 22.9 Å². The zero-order chi connectivity index (χ0) is 21.0. The number of carbonyl (C=O) groups excluding carboxylic acids is 1. The van der Waals surface area contributed by atoms with E-state index in [1.54, 1.807) is 19.2 Å². The van der Waals surface area contributed by atoms with Crippen molar-refractivity contribution in [1.82, 2.24) is 4.31 Å². The molecule has 160 valence electrons. The van der Waals surface area contributed by atoms with Gasteiger partial charge < -0.3 is 10.4 Å². The highest BCUT2D eigenvalue weighted by molar-refractivity contribution is 7.89. The summed E-state index contributed by atoms with van der Waals surface area (Å²) in [5.41, 5.74) is -0.0424. The Morgan fingerprint density at radius 1 is 1.17 bits per heavy atom. The lowest BCUT2D eigenvalue weighted by Crippen LogP contribution is -2.56. The van der Waals surface area contributed by atoms with Crippen molar-refractivity contribution >= 4 is 21.6 Å². The van der Waals surface area contributed by atoms with Gasteiger partial charge in [0.2, 0.25) is 15.9 Å². The molecule has 2 unspecified atom stereocenters. The van der Waals surface area contributed by atoms with Crippen LogP contribution in [0.4, 0.5) is 5.69 Å². The van der Waals surface area contributed by atoms with E-state index in [0.717, 1.165) is 32.1 Å². The van der Waals surface area contributed by atoms with E-state index in [1.807, 2.05) is 13.8 Å².